The van der Waals surface area contributed by atoms with Crippen molar-refractivity contribution >= 4 is 11.8 Å². The molecule has 0 fully saturated rings. The fraction of sp³-hybridized carbons (Fsp3) is 0.538. The molecule has 0 amide bonds. The van der Waals surface area contributed by atoms with Gasteiger partial charge < -0.3 is 10.2 Å². The summed E-state index contributed by atoms with van der Waals surface area (Å²) in [6.07, 6.45) is 0.807. The molecule has 90 valence electrons. The zero-order valence-electron chi connectivity index (χ0n) is 9.89. The van der Waals surface area contributed by atoms with Crippen molar-refractivity contribution in [3.8, 4) is 0 Å². The molecule has 0 heterocycles. The number of aliphatic hydroxyl groups is 2. The van der Waals surface area contributed by atoms with Crippen LogP contribution in [0.1, 0.15) is 38.4 Å². The maximum Gasteiger partial charge on any atom is 0.0790 e. The molecule has 2 nitrogen and oxygen atoms in total. The van der Waals surface area contributed by atoms with Crippen LogP contribution in [0.3, 0.4) is 0 Å². The topological polar surface area (TPSA) is 40.5 Å². The van der Waals surface area contributed by atoms with Crippen molar-refractivity contribution in [2.45, 2.75) is 42.9 Å². The minimum atomic E-state index is -0.453. The molecule has 0 aliphatic rings. The first-order chi connectivity index (χ1) is 7.63. The van der Waals surface area contributed by atoms with Gasteiger partial charge in [-0.05, 0) is 30.5 Å². The molecular formula is C13H20O2S. The van der Waals surface area contributed by atoms with Gasteiger partial charge >= 0.3 is 0 Å². The molecule has 2 N–H and O–H groups in total. The van der Waals surface area contributed by atoms with Crippen LogP contribution in [0.15, 0.2) is 29.2 Å². The van der Waals surface area contributed by atoms with Crippen LogP contribution in [0.25, 0.3) is 0 Å². The van der Waals surface area contributed by atoms with Crippen LogP contribution in [0.2, 0.25) is 0 Å². The number of benzene rings is 1. The van der Waals surface area contributed by atoms with Crippen molar-refractivity contribution in [3.05, 3.63) is 29.8 Å². The van der Waals surface area contributed by atoms with Gasteiger partial charge in [0.05, 0.1) is 6.10 Å². The first kappa shape index (κ1) is 13.6. The van der Waals surface area contributed by atoms with Crippen LogP contribution < -0.4 is 0 Å². The number of hydrogen-bond donors (Lipinski definition) is 2. The predicted molar refractivity (Wildman–Crippen MR) is 68.7 cm³/mol. The standard InChI is InChI=1S/C13H20O2S/c1-10(2)16-12-7-5-11(6-8-12)13(15)4-3-9-14/h5-8,10,13-15H,3-4,9H2,1-2H3. The summed E-state index contributed by atoms with van der Waals surface area (Å²) in [6, 6.07) is 8.02. The van der Waals surface area contributed by atoms with Crippen LogP contribution in [0.4, 0.5) is 0 Å². The lowest BCUT2D eigenvalue weighted by Gasteiger charge is -2.11. The van der Waals surface area contributed by atoms with Gasteiger partial charge in [0.2, 0.25) is 0 Å². The molecule has 1 aromatic carbocycles. The lowest BCUT2D eigenvalue weighted by atomic mass is 10.1. The molecule has 0 spiro atoms. The Hall–Kier alpha value is -0.510. The number of rotatable bonds is 6. The Morgan fingerprint density at radius 1 is 1.19 bits per heavy atom. The fourth-order valence-electron chi connectivity index (χ4n) is 1.49. The molecule has 0 aromatic heterocycles. The Kier molecular flexibility index (Phi) is 5.88. The summed E-state index contributed by atoms with van der Waals surface area (Å²) in [7, 11) is 0. The molecular weight excluding hydrogens is 220 g/mol. The Labute approximate surface area is 102 Å². The lowest BCUT2D eigenvalue weighted by molar-refractivity contribution is 0.152. The fourth-order valence-corrected chi connectivity index (χ4v) is 2.33. The van der Waals surface area contributed by atoms with Crippen LogP contribution in [-0.2, 0) is 0 Å². The van der Waals surface area contributed by atoms with Gasteiger partial charge in [-0.3, -0.25) is 0 Å². The third-order valence-corrected chi connectivity index (χ3v) is 3.29. The SMILES string of the molecule is CC(C)Sc1ccc(C(O)CCCO)cc1. The summed E-state index contributed by atoms with van der Waals surface area (Å²) >= 11 is 1.82. The smallest absolute Gasteiger partial charge is 0.0790 e. The number of hydrogen-bond acceptors (Lipinski definition) is 3. The van der Waals surface area contributed by atoms with Crippen LogP contribution in [0.5, 0.6) is 0 Å². The van der Waals surface area contributed by atoms with Crippen LogP contribution >= 0.6 is 11.8 Å². The second kappa shape index (κ2) is 6.94. The van der Waals surface area contributed by atoms with Crippen LogP contribution in [-0.4, -0.2) is 22.1 Å². The third kappa shape index (κ3) is 4.56. The summed E-state index contributed by atoms with van der Waals surface area (Å²) in [5, 5.41) is 19.1. The molecule has 0 aliphatic carbocycles. The van der Waals surface area contributed by atoms with E-state index < -0.39 is 6.10 Å². The maximum absolute atomic E-state index is 9.81. The van der Waals surface area contributed by atoms with E-state index in [0.717, 1.165) is 5.56 Å². The molecule has 1 atom stereocenters. The van der Waals surface area contributed by atoms with Crippen molar-refractivity contribution in [1.29, 1.82) is 0 Å². The van der Waals surface area contributed by atoms with E-state index in [1.165, 1.54) is 4.90 Å². The number of aliphatic hydroxyl groups excluding tert-OH is 2. The Bertz CT molecular complexity index is 295. The summed E-state index contributed by atoms with van der Waals surface area (Å²) < 4.78 is 0. The molecule has 1 rings (SSSR count). The summed E-state index contributed by atoms with van der Waals surface area (Å²) in [5.41, 5.74) is 0.932. The molecule has 0 saturated heterocycles. The molecule has 0 bridgehead atoms. The third-order valence-electron chi connectivity index (χ3n) is 2.27. The van der Waals surface area contributed by atoms with Crippen molar-refractivity contribution < 1.29 is 10.2 Å². The second-order valence-electron chi connectivity index (χ2n) is 4.12. The molecule has 0 saturated carbocycles. The number of thioether (sulfide) groups is 1. The predicted octanol–water partition coefficient (Wildman–Crippen LogP) is 2.99. The van der Waals surface area contributed by atoms with Gasteiger partial charge in [-0.25, -0.2) is 0 Å². The molecule has 3 heteroatoms. The van der Waals surface area contributed by atoms with E-state index in [-0.39, 0.29) is 6.61 Å². The Balaban J connectivity index is 2.56. The van der Waals surface area contributed by atoms with Gasteiger partial charge in [0.15, 0.2) is 0 Å². The highest BCUT2D eigenvalue weighted by molar-refractivity contribution is 7.99. The van der Waals surface area contributed by atoms with Crippen molar-refractivity contribution in [1.82, 2.24) is 0 Å². The zero-order valence-corrected chi connectivity index (χ0v) is 10.7. The van der Waals surface area contributed by atoms with E-state index in [9.17, 15) is 5.11 Å². The van der Waals surface area contributed by atoms with E-state index in [2.05, 4.69) is 13.8 Å². The molecule has 16 heavy (non-hydrogen) atoms. The van der Waals surface area contributed by atoms with Crippen molar-refractivity contribution in [3.63, 3.8) is 0 Å². The lowest BCUT2D eigenvalue weighted by Crippen LogP contribution is -1.98. The van der Waals surface area contributed by atoms with Gasteiger partial charge in [-0.15, -0.1) is 11.8 Å². The first-order valence-electron chi connectivity index (χ1n) is 5.69. The average Bonchev–Trinajstić information content (AvgIpc) is 2.26. The highest BCUT2D eigenvalue weighted by atomic mass is 32.2. The second-order valence-corrected chi connectivity index (χ2v) is 5.77. The van der Waals surface area contributed by atoms with Gasteiger partial charge in [-0.1, -0.05) is 26.0 Å². The Morgan fingerprint density at radius 3 is 2.31 bits per heavy atom. The van der Waals surface area contributed by atoms with Crippen LogP contribution in [0, 0.1) is 0 Å². The molecule has 1 unspecified atom stereocenters. The van der Waals surface area contributed by atoms with Gasteiger partial charge in [-0.2, -0.15) is 0 Å². The van der Waals surface area contributed by atoms with Gasteiger partial charge in [0, 0.05) is 16.8 Å². The maximum atomic E-state index is 9.81. The van der Waals surface area contributed by atoms with Crippen molar-refractivity contribution in [2.24, 2.45) is 0 Å². The van der Waals surface area contributed by atoms with Gasteiger partial charge in [0.1, 0.15) is 0 Å². The minimum absolute atomic E-state index is 0.137. The highest BCUT2D eigenvalue weighted by Gasteiger charge is 2.07. The summed E-state index contributed by atoms with van der Waals surface area (Å²) in [6.45, 7) is 4.46. The first-order valence-corrected chi connectivity index (χ1v) is 6.57. The Morgan fingerprint density at radius 2 is 1.81 bits per heavy atom. The van der Waals surface area contributed by atoms with Crippen molar-refractivity contribution in [2.75, 3.05) is 6.61 Å². The largest absolute Gasteiger partial charge is 0.396 e. The average molecular weight is 240 g/mol. The van der Waals surface area contributed by atoms with Gasteiger partial charge in [0.25, 0.3) is 0 Å². The highest BCUT2D eigenvalue weighted by Crippen LogP contribution is 2.25. The van der Waals surface area contributed by atoms with E-state index in [0.29, 0.717) is 18.1 Å². The monoisotopic (exact) mass is 240 g/mol. The molecule has 0 radical (unpaired) electrons. The van der Waals surface area contributed by atoms with E-state index in [1.807, 2.05) is 36.0 Å². The quantitative estimate of drug-likeness (QED) is 0.751. The normalized spacial score (nSPS) is 13.1. The molecule has 1 aromatic rings. The molecule has 0 aliphatic heterocycles. The zero-order chi connectivity index (χ0) is 12.0. The van der Waals surface area contributed by atoms with E-state index in [1.54, 1.807) is 0 Å². The summed E-state index contributed by atoms with van der Waals surface area (Å²) in [4.78, 5) is 1.23. The van der Waals surface area contributed by atoms with E-state index >= 15 is 0 Å². The summed E-state index contributed by atoms with van der Waals surface area (Å²) in [5.74, 6) is 0. The minimum Gasteiger partial charge on any atom is -0.396 e. The van der Waals surface area contributed by atoms with E-state index in [4.69, 9.17) is 5.11 Å².